The second-order valence-electron chi connectivity index (χ2n) is 9.57. The summed E-state index contributed by atoms with van der Waals surface area (Å²) >= 11 is 0. The highest BCUT2D eigenvalue weighted by Gasteiger charge is 2.50. The number of hydroxylamine groups is 3. The van der Waals surface area contributed by atoms with Crippen LogP contribution < -0.4 is 10.6 Å². The minimum atomic E-state index is -0.818. The van der Waals surface area contributed by atoms with Crippen LogP contribution in [0.4, 0.5) is 5.69 Å². The fraction of sp³-hybridized carbons (Fsp3) is 0.462. The van der Waals surface area contributed by atoms with Gasteiger partial charge in [0.1, 0.15) is 12.0 Å². The lowest BCUT2D eigenvalue weighted by molar-refractivity contribution is -0.822. The van der Waals surface area contributed by atoms with Gasteiger partial charge in [-0.3, -0.25) is 9.44 Å². The molecule has 2 aliphatic rings. The number of likely N-dealkylation sites (N-methyl/N-ethyl adjacent to an activating group) is 1. The average Bonchev–Trinajstić information content (AvgIpc) is 2.78. The van der Waals surface area contributed by atoms with Crippen LogP contribution in [0.1, 0.15) is 59.7 Å². The monoisotopic (exact) mass is 435 g/mol. The number of piperidine rings is 2. The number of carbonyl (C=O) groups excluding carboxylic acids is 2. The van der Waals surface area contributed by atoms with Crippen molar-refractivity contribution in [2.45, 2.75) is 58.0 Å². The van der Waals surface area contributed by atoms with E-state index in [4.69, 9.17) is 0 Å². The molecule has 5 atom stereocenters. The van der Waals surface area contributed by atoms with E-state index in [1.807, 2.05) is 49.4 Å². The highest BCUT2D eigenvalue weighted by Crippen LogP contribution is 2.42. The van der Waals surface area contributed by atoms with Crippen LogP contribution in [0.25, 0.3) is 0 Å². The number of benzene rings is 2. The smallest absolute Gasteiger partial charge is 0.321 e. The molecule has 2 N–H and O–H groups in total. The average molecular weight is 436 g/mol. The number of hydrogen-bond acceptors (Lipinski definition) is 4. The van der Waals surface area contributed by atoms with Crippen LogP contribution in [0.5, 0.6) is 0 Å². The van der Waals surface area contributed by atoms with Crippen molar-refractivity contribution in [1.82, 2.24) is 5.32 Å². The van der Waals surface area contributed by atoms with Crippen LogP contribution in [0.15, 0.2) is 42.5 Å². The summed E-state index contributed by atoms with van der Waals surface area (Å²) in [5.74, 6) is -0.768. The maximum atomic E-state index is 13.5. The van der Waals surface area contributed by atoms with Gasteiger partial charge in [0, 0.05) is 36.2 Å². The maximum Gasteiger partial charge on any atom is 0.321 e. The molecule has 6 nitrogen and oxygen atoms in total. The third-order valence-electron chi connectivity index (χ3n) is 7.31. The van der Waals surface area contributed by atoms with Crippen LogP contribution in [0.3, 0.4) is 0 Å². The Morgan fingerprint density at radius 3 is 2.59 bits per heavy atom. The Morgan fingerprint density at radius 1 is 1.19 bits per heavy atom. The molecule has 0 saturated carbocycles. The van der Waals surface area contributed by atoms with Gasteiger partial charge in [0.2, 0.25) is 0 Å². The normalized spacial score (nSPS) is 30.0. The molecule has 2 heterocycles. The molecular formula is C26H33N3O3. The molecule has 2 aromatic carbocycles. The van der Waals surface area contributed by atoms with E-state index < -0.39 is 10.6 Å². The van der Waals surface area contributed by atoms with Crippen molar-refractivity contribution in [3.05, 3.63) is 69.9 Å². The third kappa shape index (κ3) is 4.22. The van der Waals surface area contributed by atoms with Crippen molar-refractivity contribution in [3.63, 3.8) is 0 Å². The van der Waals surface area contributed by atoms with E-state index in [9.17, 15) is 14.8 Å². The van der Waals surface area contributed by atoms with Crippen molar-refractivity contribution < 1.29 is 14.2 Å². The number of nitrogens with zero attached hydrogens (tertiary/aromatic N) is 1. The van der Waals surface area contributed by atoms with Gasteiger partial charge in [0.05, 0.1) is 7.05 Å². The zero-order valence-corrected chi connectivity index (χ0v) is 19.4. The predicted octanol–water partition coefficient (Wildman–Crippen LogP) is 4.13. The summed E-state index contributed by atoms with van der Waals surface area (Å²) in [5, 5.41) is 19.9. The van der Waals surface area contributed by atoms with Crippen molar-refractivity contribution in [1.29, 1.82) is 0 Å². The van der Waals surface area contributed by atoms with Gasteiger partial charge in [-0.25, -0.2) is 4.79 Å². The lowest BCUT2D eigenvalue weighted by Gasteiger charge is -2.54. The standard InChI is InChI=1S/C26H33N3O3/c1-5-18-7-9-19(10-8-18)25(30)28-21-11-6-16(2)22(14-21)23-13-20-15-27-17(3)12-24(20)29(4,32)26(23)31/h6-11,14,17,20,23-24,27H,5,12-13,15H2,1-4H3,(H,28,30). The lowest BCUT2D eigenvalue weighted by Crippen LogP contribution is -2.65. The van der Waals surface area contributed by atoms with E-state index in [2.05, 4.69) is 24.5 Å². The second kappa shape index (κ2) is 8.77. The third-order valence-corrected chi connectivity index (χ3v) is 7.31. The van der Waals surface area contributed by atoms with E-state index in [1.54, 1.807) is 0 Å². The van der Waals surface area contributed by atoms with E-state index in [-0.39, 0.29) is 29.8 Å². The molecule has 0 aliphatic carbocycles. The number of fused-ring (bicyclic) bond motifs is 1. The Balaban J connectivity index is 1.58. The van der Waals surface area contributed by atoms with Gasteiger partial charge in [0.15, 0.2) is 0 Å². The number of hydrogen-bond donors (Lipinski definition) is 2. The fourth-order valence-electron chi connectivity index (χ4n) is 5.30. The minimum Gasteiger partial charge on any atom is -0.625 e. The first-order valence-electron chi connectivity index (χ1n) is 11.6. The summed E-state index contributed by atoms with van der Waals surface area (Å²) in [6, 6.07) is 13.3. The molecule has 0 spiro atoms. The molecule has 170 valence electrons. The molecule has 2 fully saturated rings. The van der Waals surface area contributed by atoms with E-state index in [1.165, 1.54) is 12.6 Å². The molecule has 0 bridgehead atoms. The van der Waals surface area contributed by atoms with Crippen molar-refractivity contribution in [2.24, 2.45) is 5.92 Å². The first-order valence-corrected chi connectivity index (χ1v) is 11.6. The summed E-state index contributed by atoms with van der Waals surface area (Å²) < 4.78 is -0.818. The Bertz CT molecular complexity index is 1020. The fourth-order valence-corrected chi connectivity index (χ4v) is 5.30. The predicted molar refractivity (Wildman–Crippen MR) is 126 cm³/mol. The maximum absolute atomic E-state index is 13.5. The molecule has 5 unspecified atom stereocenters. The largest absolute Gasteiger partial charge is 0.625 e. The van der Waals surface area contributed by atoms with Crippen LogP contribution in [-0.4, -0.2) is 42.1 Å². The van der Waals surface area contributed by atoms with Gasteiger partial charge in [0.25, 0.3) is 5.91 Å². The van der Waals surface area contributed by atoms with Crippen LogP contribution in [-0.2, 0) is 11.2 Å². The molecule has 2 aromatic rings. The number of aryl methyl sites for hydroxylation is 2. The number of quaternary nitrogens is 1. The number of nitrogens with one attached hydrogen (secondary N) is 2. The number of anilines is 1. The highest BCUT2D eigenvalue weighted by atomic mass is 16.6. The zero-order chi connectivity index (χ0) is 23.0. The van der Waals surface area contributed by atoms with Crippen molar-refractivity contribution in [3.8, 4) is 0 Å². The highest BCUT2D eigenvalue weighted by molar-refractivity contribution is 6.04. The van der Waals surface area contributed by atoms with Crippen molar-refractivity contribution >= 4 is 17.5 Å². The molecule has 4 rings (SSSR count). The summed E-state index contributed by atoms with van der Waals surface area (Å²) in [5.41, 5.74) is 4.21. The van der Waals surface area contributed by atoms with E-state index in [0.29, 0.717) is 17.7 Å². The molecule has 0 radical (unpaired) electrons. The van der Waals surface area contributed by atoms with Crippen LogP contribution >= 0.6 is 0 Å². The number of carbonyl (C=O) groups is 2. The van der Waals surface area contributed by atoms with Crippen LogP contribution in [0.2, 0.25) is 0 Å². The number of likely N-dealkylation sites (tertiary alicyclic amines) is 1. The van der Waals surface area contributed by atoms with Gasteiger partial charge in [-0.15, -0.1) is 0 Å². The molecule has 2 aliphatic heterocycles. The van der Waals surface area contributed by atoms with Gasteiger partial charge in [-0.2, -0.15) is 0 Å². The number of amides is 2. The lowest BCUT2D eigenvalue weighted by atomic mass is 9.74. The van der Waals surface area contributed by atoms with Gasteiger partial charge >= 0.3 is 5.91 Å². The summed E-state index contributed by atoms with van der Waals surface area (Å²) in [6.45, 7) is 6.86. The van der Waals surface area contributed by atoms with E-state index in [0.717, 1.165) is 30.5 Å². The molecule has 0 aromatic heterocycles. The quantitative estimate of drug-likeness (QED) is 0.559. The second-order valence-corrected chi connectivity index (χ2v) is 9.57. The SMILES string of the molecule is CCc1ccc(C(=O)Nc2ccc(C)c(C3CC4CNC(C)CC4[N+](C)([O-])C3=O)c2)cc1. The topological polar surface area (TPSA) is 81.3 Å². The molecule has 2 amide bonds. The number of rotatable bonds is 4. The summed E-state index contributed by atoms with van der Waals surface area (Å²) in [4.78, 5) is 26.1. The first-order chi connectivity index (χ1) is 15.2. The van der Waals surface area contributed by atoms with Gasteiger partial charge in [-0.05, 0) is 67.6 Å². The molecule has 6 heteroatoms. The minimum absolute atomic E-state index is 0.158. The Kier molecular flexibility index (Phi) is 6.21. The zero-order valence-electron chi connectivity index (χ0n) is 19.4. The molecular weight excluding hydrogens is 402 g/mol. The Hall–Kier alpha value is -2.54. The molecule has 2 saturated heterocycles. The summed E-state index contributed by atoms with van der Waals surface area (Å²) in [6.07, 6.45) is 2.30. The van der Waals surface area contributed by atoms with Crippen LogP contribution in [0, 0.1) is 18.0 Å². The first kappa shape index (κ1) is 22.6. The summed E-state index contributed by atoms with van der Waals surface area (Å²) in [7, 11) is 1.52. The van der Waals surface area contributed by atoms with E-state index >= 15 is 0 Å². The Morgan fingerprint density at radius 2 is 1.91 bits per heavy atom. The molecule has 32 heavy (non-hydrogen) atoms. The van der Waals surface area contributed by atoms with Gasteiger partial charge in [-0.1, -0.05) is 25.1 Å². The Labute approximate surface area is 190 Å². The van der Waals surface area contributed by atoms with Gasteiger partial charge < -0.3 is 15.8 Å². The van der Waals surface area contributed by atoms with Crippen molar-refractivity contribution in [2.75, 3.05) is 18.9 Å².